The number of aliphatic hydroxyl groups is 2. The van der Waals surface area contributed by atoms with E-state index in [1.807, 2.05) is 30.3 Å². The van der Waals surface area contributed by atoms with Crippen molar-refractivity contribution >= 4 is 12.1 Å². The minimum absolute atomic E-state index is 0.0930. The van der Waals surface area contributed by atoms with Gasteiger partial charge in [-0.25, -0.2) is 9.59 Å². The Bertz CT molecular complexity index is 491. The Morgan fingerprint density at radius 1 is 1.17 bits per heavy atom. The third kappa shape index (κ3) is 7.12. The Hall–Kier alpha value is -2.12. The molecule has 0 radical (unpaired) electrons. The first-order chi connectivity index (χ1) is 10.9. The topological polar surface area (TPSA) is 105 Å². The van der Waals surface area contributed by atoms with Gasteiger partial charge in [-0.05, 0) is 11.5 Å². The van der Waals surface area contributed by atoms with Gasteiger partial charge in [0.05, 0.1) is 6.61 Å². The van der Waals surface area contributed by atoms with Gasteiger partial charge in [0.2, 0.25) is 0 Å². The van der Waals surface area contributed by atoms with Gasteiger partial charge in [0.25, 0.3) is 0 Å². The summed E-state index contributed by atoms with van der Waals surface area (Å²) in [6.07, 6.45) is -1.87. The molecule has 0 aliphatic heterocycles. The predicted molar refractivity (Wildman–Crippen MR) is 82.4 cm³/mol. The number of hydrogen-bond acceptors (Lipinski definition) is 6. The Morgan fingerprint density at radius 2 is 1.83 bits per heavy atom. The van der Waals surface area contributed by atoms with Gasteiger partial charge < -0.3 is 25.0 Å². The third-order valence-corrected chi connectivity index (χ3v) is 3.04. The number of rotatable bonds is 8. The summed E-state index contributed by atoms with van der Waals surface area (Å²) < 4.78 is 9.92. The molecule has 3 N–H and O–H groups in total. The van der Waals surface area contributed by atoms with E-state index in [9.17, 15) is 14.7 Å². The van der Waals surface area contributed by atoms with Crippen LogP contribution in [0.25, 0.3) is 0 Å². The summed E-state index contributed by atoms with van der Waals surface area (Å²) in [5.74, 6) is -0.915. The summed E-state index contributed by atoms with van der Waals surface area (Å²) >= 11 is 0. The first-order valence-corrected chi connectivity index (χ1v) is 7.36. The molecule has 0 heterocycles. The molecule has 1 amide bonds. The summed E-state index contributed by atoms with van der Waals surface area (Å²) in [4.78, 5) is 23.7. The monoisotopic (exact) mass is 325 g/mol. The van der Waals surface area contributed by atoms with E-state index in [1.54, 1.807) is 13.8 Å². The lowest BCUT2D eigenvalue weighted by Gasteiger charge is -2.21. The quantitative estimate of drug-likeness (QED) is 0.612. The van der Waals surface area contributed by atoms with Gasteiger partial charge >= 0.3 is 12.1 Å². The van der Waals surface area contributed by atoms with Crippen LogP contribution >= 0.6 is 0 Å². The molecule has 1 rings (SSSR count). The molecule has 0 saturated carbocycles. The van der Waals surface area contributed by atoms with Crippen molar-refractivity contribution in [1.29, 1.82) is 0 Å². The predicted octanol–water partition coefficient (Wildman–Crippen LogP) is 0.834. The van der Waals surface area contributed by atoms with Gasteiger partial charge in [0, 0.05) is 0 Å². The van der Waals surface area contributed by atoms with E-state index in [0.29, 0.717) is 0 Å². The van der Waals surface area contributed by atoms with Crippen molar-refractivity contribution in [1.82, 2.24) is 5.32 Å². The molecule has 128 valence electrons. The molecule has 7 nitrogen and oxygen atoms in total. The Morgan fingerprint density at radius 3 is 2.39 bits per heavy atom. The summed E-state index contributed by atoms with van der Waals surface area (Å²) in [6, 6.07) is 8.25. The van der Waals surface area contributed by atoms with E-state index in [0.717, 1.165) is 5.56 Å². The first-order valence-electron chi connectivity index (χ1n) is 7.36. The molecule has 0 fully saturated rings. The van der Waals surface area contributed by atoms with Crippen LogP contribution in [0, 0.1) is 5.92 Å². The summed E-state index contributed by atoms with van der Waals surface area (Å²) in [6.45, 7) is 2.74. The number of carbonyl (C=O) groups is 2. The number of ether oxygens (including phenoxy) is 2. The zero-order valence-corrected chi connectivity index (χ0v) is 13.3. The average Bonchev–Trinajstić information content (AvgIpc) is 2.55. The van der Waals surface area contributed by atoms with Gasteiger partial charge in [-0.15, -0.1) is 0 Å². The van der Waals surface area contributed by atoms with Crippen LogP contribution in [-0.4, -0.2) is 47.6 Å². The van der Waals surface area contributed by atoms with E-state index in [1.165, 1.54) is 0 Å². The molecule has 0 unspecified atom stereocenters. The van der Waals surface area contributed by atoms with Crippen LogP contribution in [0.15, 0.2) is 30.3 Å². The van der Waals surface area contributed by atoms with Crippen LogP contribution < -0.4 is 5.32 Å². The Labute approximate surface area is 135 Å². The van der Waals surface area contributed by atoms with Crippen molar-refractivity contribution in [2.24, 2.45) is 5.92 Å². The molecular formula is C16H23NO6. The fourth-order valence-corrected chi connectivity index (χ4v) is 1.71. The lowest BCUT2D eigenvalue weighted by Crippen LogP contribution is -2.46. The minimum atomic E-state index is -1.14. The number of esters is 1. The normalized spacial score (nSPS) is 13.3. The van der Waals surface area contributed by atoms with Gasteiger partial charge in [-0.3, -0.25) is 0 Å². The number of carbonyl (C=O) groups excluding carboxylic acids is 2. The van der Waals surface area contributed by atoms with Crippen molar-refractivity contribution < 1.29 is 29.3 Å². The van der Waals surface area contributed by atoms with Crippen LogP contribution in [0.4, 0.5) is 4.79 Å². The Balaban J connectivity index is 2.47. The van der Waals surface area contributed by atoms with Crippen LogP contribution in [-0.2, 0) is 20.9 Å². The molecule has 7 heteroatoms. The summed E-state index contributed by atoms with van der Waals surface area (Å²) in [7, 11) is 0. The second-order valence-corrected chi connectivity index (χ2v) is 5.39. The van der Waals surface area contributed by atoms with Gasteiger partial charge in [-0.1, -0.05) is 44.2 Å². The maximum Gasteiger partial charge on any atom is 0.408 e. The van der Waals surface area contributed by atoms with E-state index in [2.05, 4.69) is 5.32 Å². The molecule has 1 aromatic carbocycles. The maximum absolute atomic E-state index is 11.9. The molecule has 0 aliphatic carbocycles. The minimum Gasteiger partial charge on any atom is -0.461 e. The van der Waals surface area contributed by atoms with Crippen LogP contribution in [0.5, 0.6) is 0 Å². The van der Waals surface area contributed by atoms with Crippen molar-refractivity contribution in [3.63, 3.8) is 0 Å². The highest BCUT2D eigenvalue weighted by Gasteiger charge is 2.26. The van der Waals surface area contributed by atoms with E-state index in [4.69, 9.17) is 14.6 Å². The second kappa shape index (κ2) is 9.81. The zero-order valence-electron chi connectivity index (χ0n) is 13.3. The van der Waals surface area contributed by atoms with Gasteiger partial charge in [0.15, 0.2) is 0 Å². The van der Waals surface area contributed by atoms with E-state index >= 15 is 0 Å². The maximum atomic E-state index is 11.9. The molecule has 1 aromatic rings. The lowest BCUT2D eigenvalue weighted by atomic mass is 10.1. The highest BCUT2D eigenvalue weighted by molar-refractivity contribution is 5.81. The second-order valence-electron chi connectivity index (χ2n) is 5.39. The smallest absolute Gasteiger partial charge is 0.408 e. The van der Waals surface area contributed by atoms with Crippen molar-refractivity contribution in [3.05, 3.63) is 35.9 Å². The number of aliphatic hydroxyl groups excluding tert-OH is 2. The Kier molecular flexibility index (Phi) is 8.07. The van der Waals surface area contributed by atoms with Crippen molar-refractivity contribution in [2.75, 3.05) is 13.2 Å². The molecule has 0 aliphatic rings. The number of hydrogen-bond donors (Lipinski definition) is 3. The number of alkyl carbamates (subject to hydrolysis) is 1. The third-order valence-electron chi connectivity index (χ3n) is 3.04. The summed E-state index contributed by atoms with van der Waals surface area (Å²) in [5.41, 5.74) is 0.831. The van der Waals surface area contributed by atoms with E-state index in [-0.39, 0.29) is 19.1 Å². The number of benzene rings is 1. The molecule has 23 heavy (non-hydrogen) atoms. The lowest BCUT2D eigenvalue weighted by molar-refractivity contribution is -0.150. The van der Waals surface area contributed by atoms with Crippen LogP contribution in [0.1, 0.15) is 19.4 Å². The molecular weight excluding hydrogens is 302 g/mol. The standard InChI is InChI=1S/C16H23NO6/c1-11(2)14(15(20)22-10-13(19)8-18)17-16(21)23-9-12-6-4-3-5-7-12/h3-7,11,13-14,18-19H,8-10H2,1-2H3,(H,17,21)/t13-,14-/m1/s1. The molecule has 0 spiro atoms. The molecule has 0 bridgehead atoms. The largest absolute Gasteiger partial charge is 0.461 e. The zero-order chi connectivity index (χ0) is 17.2. The SMILES string of the molecule is CC(C)[C@@H](NC(=O)OCc1ccccc1)C(=O)OC[C@H](O)CO. The first kappa shape index (κ1) is 18.9. The van der Waals surface area contributed by atoms with Crippen molar-refractivity contribution in [3.8, 4) is 0 Å². The highest BCUT2D eigenvalue weighted by atomic mass is 16.6. The molecule has 0 saturated heterocycles. The van der Waals surface area contributed by atoms with Gasteiger partial charge in [-0.2, -0.15) is 0 Å². The number of nitrogens with one attached hydrogen (secondary N) is 1. The van der Waals surface area contributed by atoms with E-state index < -0.39 is 30.8 Å². The number of amides is 1. The summed E-state index contributed by atoms with van der Waals surface area (Å²) in [5, 5.41) is 20.3. The fourth-order valence-electron chi connectivity index (χ4n) is 1.71. The van der Waals surface area contributed by atoms with Crippen molar-refractivity contribution in [2.45, 2.75) is 32.6 Å². The molecule has 0 aromatic heterocycles. The average molecular weight is 325 g/mol. The highest BCUT2D eigenvalue weighted by Crippen LogP contribution is 2.06. The van der Waals surface area contributed by atoms with Crippen LogP contribution in [0.3, 0.4) is 0 Å². The van der Waals surface area contributed by atoms with Gasteiger partial charge in [0.1, 0.15) is 25.4 Å². The molecule has 2 atom stereocenters. The fraction of sp³-hybridized carbons (Fsp3) is 0.500. The van der Waals surface area contributed by atoms with Crippen LogP contribution in [0.2, 0.25) is 0 Å².